The molecular weight excluding hydrogens is 296 g/mol. The van der Waals surface area contributed by atoms with Crippen molar-refractivity contribution in [1.82, 2.24) is 10.2 Å². The van der Waals surface area contributed by atoms with Gasteiger partial charge in [-0.2, -0.15) is 0 Å². The first-order valence-electron chi connectivity index (χ1n) is 7.40. The van der Waals surface area contributed by atoms with E-state index >= 15 is 0 Å². The van der Waals surface area contributed by atoms with Crippen molar-refractivity contribution in [3.05, 3.63) is 29.3 Å². The first-order chi connectivity index (χ1) is 11.0. The monoisotopic (exact) mass is 322 g/mol. The molecule has 0 radical (unpaired) electrons. The molecule has 0 saturated carbocycles. The highest BCUT2D eigenvalue weighted by Crippen LogP contribution is 2.19. The molecule has 0 aliphatic rings. The van der Waals surface area contributed by atoms with E-state index in [1.54, 1.807) is 26.3 Å². The van der Waals surface area contributed by atoms with Gasteiger partial charge in [-0.25, -0.2) is 0 Å². The second-order valence-corrected chi connectivity index (χ2v) is 5.10. The number of carbonyl (C=O) groups excluding carboxylic acids is 3. The molecule has 1 unspecified atom stereocenters. The van der Waals surface area contributed by atoms with Crippen LogP contribution in [0.15, 0.2) is 18.2 Å². The van der Waals surface area contributed by atoms with Crippen molar-refractivity contribution >= 4 is 19.0 Å². The summed E-state index contributed by atoms with van der Waals surface area (Å²) in [6.45, 7) is 2.73. The van der Waals surface area contributed by atoms with Crippen molar-refractivity contribution in [2.75, 3.05) is 21.2 Å². The maximum atomic E-state index is 11.0. The standard InChI is InChI=1S/C15H21NO3.C2H5NO/c1-12(5-4-8-17)16(2)10-14-9-15(19-3)7-6-13(14)11-18;1-3-2-4/h6-9,11-12H,4-5,10H2,1-3H3;2H,1H3,(H,3,4). The van der Waals surface area contributed by atoms with Crippen molar-refractivity contribution in [2.45, 2.75) is 32.4 Å². The number of amides is 1. The van der Waals surface area contributed by atoms with Gasteiger partial charge in [0.05, 0.1) is 7.11 Å². The lowest BCUT2D eigenvalue weighted by Crippen LogP contribution is -2.29. The Hall–Kier alpha value is -2.21. The van der Waals surface area contributed by atoms with E-state index < -0.39 is 0 Å². The molecule has 128 valence electrons. The van der Waals surface area contributed by atoms with Gasteiger partial charge in [0.25, 0.3) is 0 Å². The Labute approximate surface area is 137 Å². The van der Waals surface area contributed by atoms with Crippen LogP contribution in [-0.2, 0) is 16.1 Å². The summed E-state index contributed by atoms with van der Waals surface area (Å²) < 4.78 is 5.18. The summed E-state index contributed by atoms with van der Waals surface area (Å²) in [4.78, 5) is 32.6. The molecule has 0 aliphatic heterocycles. The third-order valence-electron chi connectivity index (χ3n) is 3.47. The topological polar surface area (TPSA) is 75.7 Å². The van der Waals surface area contributed by atoms with Crippen molar-refractivity contribution in [1.29, 1.82) is 0 Å². The van der Waals surface area contributed by atoms with Crippen molar-refractivity contribution < 1.29 is 19.1 Å². The van der Waals surface area contributed by atoms with Gasteiger partial charge in [0.15, 0.2) is 0 Å². The number of rotatable bonds is 9. The predicted molar refractivity (Wildman–Crippen MR) is 89.7 cm³/mol. The van der Waals surface area contributed by atoms with Crippen molar-refractivity contribution in [3.8, 4) is 5.75 Å². The lowest BCUT2D eigenvalue weighted by Gasteiger charge is -2.24. The van der Waals surface area contributed by atoms with E-state index in [4.69, 9.17) is 9.53 Å². The molecule has 0 aromatic heterocycles. The number of hydrogen-bond acceptors (Lipinski definition) is 5. The smallest absolute Gasteiger partial charge is 0.206 e. The summed E-state index contributed by atoms with van der Waals surface area (Å²) in [5.74, 6) is 0.745. The van der Waals surface area contributed by atoms with Crippen LogP contribution in [0, 0.1) is 0 Å². The van der Waals surface area contributed by atoms with E-state index in [2.05, 4.69) is 17.1 Å². The number of nitrogens with one attached hydrogen (secondary N) is 1. The molecule has 6 nitrogen and oxygen atoms in total. The van der Waals surface area contributed by atoms with Crippen LogP contribution < -0.4 is 10.1 Å². The SMILES string of the molecule is CNC=O.COc1ccc(C=O)c(CN(C)C(C)CCC=O)c1. The molecule has 0 spiro atoms. The molecule has 1 aromatic rings. The predicted octanol–water partition coefficient (Wildman–Crippen LogP) is 1.67. The molecule has 0 bridgehead atoms. The molecule has 1 N–H and O–H groups in total. The van der Waals surface area contributed by atoms with Gasteiger partial charge in [-0.15, -0.1) is 0 Å². The molecule has 0 aliphatic carbocycles. The maximum absolute atomic E-state index is 11.0. The van der Waals surface area contributed by atoms with Gasteiger partial charge in [0.1, 0.15) is 18.3 Å². The lowest BCUT2D eigenvalue weighted by atomic mass is 10.1. The Bertz CT molecular complexity index is 491. The first kappa shape index (κ1) is 20.8. The van der Waals surface area contributed by atoms with Crippen LogP contribution in [0.25, 0.3) is 0 Å². The fourth-order valence-corrected chi connectivity index (χ4v) is 1.92. The van der Waals surface area contributed by atoms with Crippen molar-refractivity contribution in [3.63, 3.8) is 0 Å². The van der Waals surface area contributed by atoms with E-state index in [9.17, 15) is 9.59 Å². The largest absolute Gasteiger partial charge is 0.497 e. The second kappa shape index (κ2) is 12.3. The molecule has 6 heteroatoms. The number of ether oxygens (including phenoxy) is 1. The highest BCUT2D eigenvalue weighted by atomic mass is 16.5. The van der Waals surface area contributed by atoms with E-state index in [1.165, 1.54) is 0 Å². The summed E-state index contributed by atoms with van der Waals surface area (Å²) >= 11 is 0. The van der Waals surface area contributed by atoms with Crippen molar-refractivity contribution in [2.24, 2.45) is 0 Å². The maximum Gasteiger partial charge on any atom is 0.206 e. The Morgan fingerprint density at radius 2 is 1.96 bits per heavy atom. The molecule has 23 heavy (non-hydrogen) atoms. The van der Waals surface area contributed by atoms with E-state index in [-0.39, 0.29) is 6.04 Å². The normalized spacial score (nSPS) is 11.0. The molecule has 0 heterocycles. The summed E-state index contributed by atoms with van der Waals surface area (Å²) in [6, 6.07) is 5.72. The van der Waals surface area contributed by atoms with E-state index in [1.807, 2.05) is 13.1 Å². The van der Waals surface area contributed by atoms with Crippen LogP contribution in [0.5, 0.6) is 5.75 Å². The van der Waals surface area contributed by atoms with Crippen LogP contribution in [0.2, 0.25) is 0 Å². The van der Waals surface area contributed by atoms with Crippen LogP contribution in [0.1, 0.15) is 35.7 Å². The second-order valence-electron chi connectivity index (χ2n) is 5.10. The number of hydrogen-bond donors (Lipinski definition) is 1. The fourth-order valence-electron chi connectivity index (χ4n) is 1.92. The molecule has 1 aromatic carbocycles. The molecule has 1 atom stereocenters. The van der Waals surface area contributed by atoms with Gasteiger partial charge in [-0.1, -0.05) is 0 Å². The molecular formula is C17H26N2O4. The summed E-state index contributed by atoms with van der Waals surface area (Å²) in [6.07, 6.45) is 3.80. The van der Waals surface area contributed by atoms with Gasteiger partial charge in [0.2, 0.25) is 6.41 Å². The van der Waals surface area contributed by atoms with Crippen LogP contribution in [0.3, 0.4) is 0 Å². The number of methoxy groups -OCH3 is 1. The third kappa shape index (κ3) is 8.11. The van der Waals surface area contributed by atoms with Crippen LogP contribution in [-0.4, -0.2) is 51.1 Å². The molecule has 0 fully saturated rings. The number of aldehydes is 2. The van der Waals surface area contributed by atoms with Crippen LogP contribution in [0.4, 0.5) is 0 Å². The minimum atomic E-state index is 0.288. The fraction of sp³-hybridized carbons (Fsp3) is 0.471. The number of nitrogens with zero attached hydrogens (tertiary/aromatic N) is 1. The summed E-state index contributed by atoms with van der Waals surface area (Å²) in [7, 11) is 5.16. The zero-order valence-electron chi connectivity index (χ0n) is 14.2. The Morgan fingerprint density at radius 1 is 1.30 bits per heavy atom. The van der Waals surface area contributed by atoms with E-state index in [0.29, 0.717) is 24.9 Å². The Morgan fingerprint density at radius 3 is 2.43 bits per heavy atom. The lowest BCUT2D eigenvalue weighted by molar-refractivity contribution is -0.109. The minimum absolute atomic E-state index is 0.288. The molecule has 0 saturated heterocycles. The third-order valence-corrected chi connectivity index (χ3v) is 3.47. The van der Waals surface area contributed by atoms with Gasteiger partial charge >= 0.3 is 0 Å². The number of benzene rings is 1. The molecule has 1 amide bonds. The van der Waals surface area contributed by atoms with Crippen LogP contribution >= 0.6 is 0 Å². The minimum Gasteiger partial charge on any atom is -0.497 e. The zero-order chi connectivity index (χ0) is 17.7. The quantitative estimate of drug-likeness (QED) is 0.700. The molecule has 1 rings (SSSR count). The summed E-state index contributed by atoms with van der Waals surface area (Å²) in [5.41, 5.74) is 1.62. The Balaban J connectivity index is 0.00000108. The van der Waals surface area contributed by atoms with E-state index in [0.717, 1.165) is 30.3 Å². The average Bonchev–Trinajstić information content (AvgIpc) is 2.59. The highest BCUT2D eigenvalue weighted by molar-refractivity contribution is 5.77. The number of carbonyl (C=O) groups is 3. The van der Waals surface area contributed by atoms with Gasteiger partial charge in [-0.3, -0.25) is 14.5 Å². The highest BCUT2D eigenvalue weighted by Gasteiger charge is 2.12. The summed E-state index contributed by atoms with van der Waals surface area (Å²) in [5, 5.41) is 2.25. The first-order valence-corrected chi connectivity index (χ1v) is 7.40. The Kier molecular flexibility index (Phi) is 11.2. The van der Waals surface area contributed by atoms with Gasteiger partial charge in [0, 0.05) is 31.6 Å². The van der Waals surface area contributed by atoms with Gasteiger partial charge < -0.3 is 14.8 Å². The zero-order valence-corrected chi connectivity index (χ0v) is 14.2. The average molecular weight is 322 g/mol. The van der Waals surface area contributed by atoms with Gasteiger partial charge in [-0.05, 0) is 44.2 Å².